The van der Waals surface area contributed by atoms with E-state index in [9.17, 15) is 9.59 Å². The van der Waals surface area contributed by atoms with E-state index in [1.807, 2.05) is 36.6 Å². The monoisotopic (exact) mass is 441 g/mol. The van der Waals surface area contributed by atoms with Crippen LogP contribution >= 0.6 is 0 Å². The summed E-state index contributed by atoms with van der Waals surface area (Å²) in [5.41, 5.74) is 0.362. The third kappa shape index (κ3) is 3.51. The topological polar surface area (TPSA) is 72.8 Å². The van der Waals surface area contributed by atoms with Gasteiger partial charge in [0.15, 0.2) is 0 Å². The van der Waals surface area contributed by atoms with Crippen LogP contribution < -0.4 is 14.8 Å². The highest BCUT2D eigenvalue weighted by Gasteiger charge is 2.48. The Morgan fingerprint density at radius 2 is 1.88 bits per heavy atom. The number of hydrogen-bond acceptors (Lipinski definition) is 4. The number of methoxy groups -OCH3 is 2. The second kappa shape index (κ2) is 8.68. The molecule has 32 heavy (non-hydrogen) atoms. The van der Waals surface area contributed by atoms with Crippen molar-refractivity contribution in [1.82, 2.24) is 14.8 Å². The molecule has 0 bridgehead atoms. The molecule has 0 unspecified atom stereocenters. The highest BCUT2D eigenvalue weighted by atomic mass is 16.5. The molecule has 3 atom stereocenters. The Morgan fingerprint density at radius 3 is 2.53 bits per heavy atom. The van der Waals surface area contributed by atoms with Crippen molar-refractivity contribution in [1.29, 1.82) is 0 Å². The van der Waals surface area contributed by atoms with Gasteiger partial charge in [0, 0.05) is 18.0 Å². The van der Waals surface area contributed by atoms with Gasteiger partial charge in [-0.25, -0.2) is 0 Å². The van der Waals surface area contributed by atoms with Gasteiger partial charge in [0.25, 0.3) is 5.91 Å². The van der Waals surface area contributed by atoms with Gasteiger partial charge in [0.1, 0.15) is 22.7 Å². The Bertz CT molecular complexity index is 1030. The molecular weight excluding hydrogens is 406 g/mol. The van der Waals surface area contributed by atoms with Crippen LogP contribution in [-0.4, -0.2) is 53.6 Å². The zero-order valence-corrected chi connectivity index (χ0v) is 19.9. The number of ether oxygens (including phenoxy) is 2. The summed E-state index contributed by atoms with van der Waals surface area (Å²) in [7, 11) is 3.23. The maximum atomic E-state index is 13.7. The maximum Gasteiger partial charge on any atom is 0.271 e. The standard InChI is InChI=1S/C25H35N3O4/c1-6-13-28-23(29)19-14-17-20(31-4)11-12-21(32-5)22(17)27(19)15-25(28,3)24(30)26-18-10-8-7-9-16(18)2/h11-12,14,16,18H,6-10,13,15H2,1-5H3,(H,26,30)/t16-,18+,25-/m1/s1. The van der Waals surface area contributed by atoms with Crippen LogP contribution in [0.25, 0.3) is 10.9 Å². The van der Waals surface area contributed by atoms with Crippen LogP contribution in [-0.2, 0) is 11.3 Å². The van der Waals surface area contributed by atoms with E-state index < -0.39 is 5.54 Å². The van der Waals surface area contributed by atoms with Gasteiger partial charge in [0.2, 0.25) is 5.91 Å². The smallest absolute Gasteiger partial charge is 0.271 e. The minimum absolute atomic E-state index is 0.0765. The second-order valence-corrected chi connectivity index (χ2v) is 9.42. The molecular formula is C25H35N3O4. The van der Waals surface area contributed by atoms with Crippen LogP contribution in [0.3, 0.4) is 0 Å². The van der Waals surface area contributed by atoms with Gasteiger partial charge in [-0.15, -0.1) is 0 Å². The fourth-order valence-corrected chi connectivity index (χ4v) is 5.38. The second-order valence-electron chi connectivity index (χ2n) is 9.42. The molecule has 1 aromatic carbocycles. The summed E-state index contributed by atoms with van der Waals surface area (Å²) < 4.78 is 13.1. The van der Waals surface area contributed by atoms with Crippen LogP contribution in [0.5, 0.6) is 11.5 Å². The first-order chi connectivity index (χ1) is 15.3. The molecule has 2 amide bonds. The summed E-state index contributed by atoms with van der Waals surface area (Å²) in [4.78, 5) is 29.2. The van der Waals surface area contributed by atoms with Crippen molar-refractivity contribution in [2.45, 2.75) is 71.0 Å². The predicted molar refractivity (Wildman–Crippen MR) is 124 cm³/mol. The molecule has 7 heteroatoms. The van der Waals surface area contributed by atoms with E-state index in [1.165, 1.54) is 6.42 Å². The molecule has 1 saturated carbocycles. The van der Waals surface area contributed by atoms with Crippen molar-refractivity contribution in [3.05, 3.63) is 23.9 Å². The Hall–Kier alpha value is -2.70. The number of hydrogen-bond donors (Lipinski definition) is 1. The molecule has 2 heterocycles. The molecule has 4 rings (SSSR count). The van der Waals surface area contributed by atoms with Crippen molar-refractivity contribution in [3.8, 4) is 11.5 Å². The molecule has 1 fully saturated rings. The molecule has 0 radical (unpaired) electrons. The summed E-state index contributed by atoms with van der Waals surface area (Å²) >= 11 is 0. The van der Waals surface area contributed by atoms with E-state index in [1.54, 1.807) is 19.1 Å². The molecule has 1 aromatic heterocycles. The Labute approximate surface area is 190 Å². The van der Waals surface area contributed by atoms with Crippen molar-refractivity contribution in [3.63, 3.8) is 0 Å². The number of carbonyl (C=O) groups excluding carboxylic acids is 2. The largest absolute Gasteiger partial charge is 0.496 e. The number of nitrogens with zero attached hydrogens (tertiary/aromatic N) is 2. The summed E-state index contributed by atoms with van der Waals surface area (Å²) in [6, 6.07) is 5.71. The van der Waals surface area contributed by atoms with Gasteiger partial charge < -0.3 is 24.3 Å². The Balaban J connectivity index is 1.80. The van der Waals surface area contributed by atoms with Crippen LogP contribution in [0.2, 0.25) is 0 Å². The molecule has 0 saturated heterocycles. The number of amides is 2. The van der Waals surface area contributed by atoms with Crippen LogP contribution in [0.4, 0.5) is 0 Å². The minimum atomic E-state index is -0.989. The third-order valence-electron chi connectivity index (χ3n) is 7.31. The summed E-state index contributed by atoms with van der Waals surface area (Å²) in [6.45, 7) is 7.03. The SMILES string of the molecule is CCCN1C(=O)c2cc3c(OC)ccc(OC)c3n2C[C@]1(C)C(=O)N[C@H]1CCCC[C@H]1C. The predicted octanol–water partition coefficient (Wildman–Crippen LogP) is 3.98. The fraction of sp³-hybridized carbons (Fsp3) is 0.600. The van der Waals surface area contributed by atoms with E-state index in [4.69, 9.17) is 9.47 Å². The van der Waals surface area contributed by atoms with Crippen LogP contribution in [0.1, 0.15) is 63.4 Å². The van der Waals surface area contributed by atoms with Gasteiger partial charge in [-0.3, -0.25) is 9.59 Å². The number of carbonyl (C=O) groups is 2. The molecule has 1 aliphatic heterocycles. The van der Waals surface area contributed by atoms with Crippen molar-refractivity contribution < 1.29 is 19.1 Å². The number of aromatic nitrogens is 1. The molecule has 174 valence electrons. The molecule has 1 N–H and O–H groups in total. The Morgan fingerprint density at radius 1 is 1.19 bits per heavy atom. The van der Waals surface area contributed by atoms with E-state index in [0.717, 1.165) is 36.6 Å². The maximum absolute atomic E-state index is 13.7. The van der Waals surface area contributed by atoms with Crippen molar-refractivity contribution in [2.24, 2.45) is 5.92 Å². The number of benzene rings is 1. The number of fused-ring (bicyclic) bond motifs is 3. The highest BCUT2D eigenvalue weighted by Crippen LogP contribution is 2.40. The van der Waals surface area contributed by atoms with Gasteiger partial charge in [-0.1, -0.05) is 26.7 Å². The van der Waals surface area contributed by atoms with Crippen LogP contribution in [0, 0.1) is 5.92 Å². The lowest BCUT2D eigenvalue weighted by Gasteiger charge is -2.45. The third-order valence-corrected chi connectivity index (χ3v) is 7.31. The van der Waals surface area contributed by atoms with Gasteiger partial charge in [-0.05, 0) is 50.3 Å². The lowest BCUT2D eigenvalue weighted by Crippen LogP contribution is -2.65. The molecule has 0 spiro atoms. The first-order valence-corrected chi connectivity index (χ1v) is 11.7. The number of nitrogens with one attached hydrogen (secondary N) is 1. The number of rotatable bonds is 6. The molecule has 2 aromatic rings. The normalized spacial score (nSPS) is 25.5. The zero-order valence-electron chi connectivity index (χ0n) is 19.9. The molecule has 1 aliphatic carbocycles. The molecule has 2 aliphatic rings. The Kier molecular flexibility index (Phi) is 6.10. The van der Waals surface area contributed by atoms with E-state index in [-0.39, 0.29) is 17.9 Å². The van der Waals surface area contributed by atoms with E-state index >= 15 is 0 Å². The average Bonchev–Trinajstić information content (AvgIpc) is 3.17. The van der Waals surface area contributed by atoms with Crippen LogP contribution in [0.15, 0.2) is 18.2 Å². The molecule has 7 nitrogen and oxygen atoms in total. The van der Waals surface area contributed by atoms with Crippen molar-refractivity contribution in [2.75, 3.05) is 20.8 Å². The first-order valence-electron chi connectivity index (χ1n) is 11.7. The first kappa shape index (κ1) is 22.5. The van der Waals surface area contributed by atoms with Gasteiger partial charge >= 0.3 is 0 Å². The summed E-state index contributed by atoms with van der Waals surface area (Å²) in [5.74, 6) is 1.58. The van der Waals surface area contributed by atoms with Crippen molar-refractivity contribution >= 4 is 22.7 Å². The highest BCUT2D eigenvalue weighted by molar-refractivity contribution is 6.05. The quantitative estimate of drug-likeness (QED) is 0.736. The summed E-state index contributed by atoms with van der Waals surface area (Å²) in [5, 5.41) is 4.12. The van der Waals surface area contributed by atoms with E-state index in [0.29, 0.717) is 36.2 Å². The minimum Gasteiger partial charge on any atom is -0.496 e. The fourth-order valence-electron chi connectivity index (χ4n) is 5.38. The van der Waals surface area contributed by atoms with Gasteiger partial charge in [-0.2, -0.15) is 0 Å². The average molecular weight is 442 g/mol. The van der Waals surface area contributed by atoms with Gasteiger partial charge in [0.05, 0.1) is 26.3 Å². The summed E-state index contributed by atoms with van der Waals surface area (Å²) in [6.07, 6.45) is 5.25. The van der Waals surface area contributed by atoms with E-state index in [2.05, 4.69) is 12.2 Å². The zero-order chi connectivity index (χ0) is 23.0. The lowest BCUT2D eigenvalue weighted by molar-refractivity contribution is -0.134. The lowest BCUT2D eigenvalue weighted by atomic mass is 9.85.